The number of ketones is 2. The zero-order valence-electron chi connectivity index (χ0n) is 11.6. The summed E-state index contributed by atoms with van der Waals surface area (Å²) in [4.78, 5) is 23.8. The van der Waals surface area contributed by atoms with E-state index < -0.39 is 47.2 Å². The summed E-state index contributed by atoms with van der Waals surface area (Å²) >= 11 is 0. The van der Waals surface area contributed by atoms with Crippen LogP contribution >= 0.6 is 0 Å². The molecule has 0 heterocycles. The highest BCUT2D eigenvalue weighted by Gasteiger charge is 2.35. The van der Waals surface area contributed by atoms with E-state index in [9.17, 15) is 31.0 Å². The Labute approximate surface area is 136 Å². The highest BCUT2D eigenvalue weighted by molar-refractivity contribution is 7.86. The number of rotatable bonds is 2. The third-order valence-electron chi connectivity index (χ3n) is 3.55. The second-order valence-corrected chi connectivity index (χ2v) is 7.81. The van der Waals surface area contributed by atoms with Gasteiger partial charge in [0, 0.05) is 16.7 Å². The van der Waals surface area contributed by atoms with Crippen LogP contribution in [-0.4, -0.2) is 37.5 Å². The maximum Gasteiger partial charge on any atom is 0.295 e. The zero-order chi connectivity index (χ0) is 17.9. The van der Waals surface area contributed by atoms with Gasteiger partial charge in [0.25, 0.3) is 20.2 Å². The van der Waals surface area contributed by atoms with Crippen LogP contribution in [0.1, 0.15) is 31.8 Å². The fraction of sp³-hybridized carbons (Fsp3) is 0. The van der Waals surface area contributed by atoms with E-state index in [0.717, 1.165) is 24.3 Å². The molecule has 0 aromatic heterocycles. The van der Waals surface area contributed by atoms with E-state index in [0.29, 0.717) is 0 Å². The van der Waals surface area contributed by atoms with Crippen LogP contribution in [0.15, 0.2) is 46.2 Å². The summed E-state index contributed by atoms with van der Waals surface area (Å²) < 4.78 is 63.5. The minimum Gasteiger partial charge on any atom is -0.289 e. The lowest BCUT2D eigenvalue weighted by Gasteiger charge is -2.19. The average molecular weight is 368 g/mol. The smallest absolute Gasteiger partial charge is 0.289 e. The van der Waals surface area contributed by atoms with Gasteiger partial charge in [0.2, 0.25) is 0 Å². The molecule has 0 saturated heterocycles. The molecule has 0 fully saturated rings. The first-order valence-corrected chi connectivity index (χ1v) is 9.21. The Hall–Kier alpha value is -2.40. The summed E-state index contributed by atoms with van der Waals surface area (Å²) in [5.41, 5.74) is -1.27. The first-order chi connectivity index (χ1) is 11.0. The topological polar surface area (TPSA) is 143 Å². The molecule has 0 aliphatic heterocycles. The fourth-order valence-corrected chi connectivity index (χ4v) is 3.74. The Bertz CT molecular complexity index is 1120. The van der Waals surface area contributed by atoms with Crippen LogP contribution in [0.2, 0.25) is 0 Å². The third-order valence-corrected chi connectivity index (χ3v) is 5.30. The molecule has 10 heteroatoms. The van der Waals surface area contributed by atoms with E-state index in [1.807, 2.05) is 0 Å². The molecule has 0 spiro atoms. The fourth-order valence-electron chi connectivity index (χ4n) is 2.52. The molecule has 124 valence electrons. The van der Waals surface area contributed by atoms with Gasteiger partial charge in [-0.05, 0) is 24.3 Å². The Kier molecular flexibility index (Phi) is 3.46. The summed E-state index contributed by atoms with van der Waals surface area (Å²) in [6, 6.07) is 6.10. The number of carbonyl (C=O) groups is 2. The second-order valence-electron chi connectivity index (χ2n) is 4.99. The van der Waals surface area contributed by atoms with Gasteiger partial charge in [-0.25, -0.2) is 0 Å². The highest BCUT2D eigenvalue weighted by Crippen LogP contribution is 2.32. The van der Waals surface area contributed by atoms with Gasteiger partial charge in [-0.2, -0.15) is 16.8 Å². The van der Waals surface area contributed by atoms with Crippen LogP contribution in [-0.2, 0) is 20.2 Å². The number of benzene rings is 2. The summed E-state index contributed by atoms with van der Waals surface area (Å²) in [6.45, 7) is 0. The maximum absolute atomic E-state index is 12.5. The van der Waals surface area contributed by atoms with Gasteiger partial charge in [-0.3, -0.25) is 18.7 Å². The van der Waals surface area contributed by atoms with Crippen LogP contribution < -0.4 is 0 Å². The van der Waals surface area contributed by atoms with Crippen LogP contribution in [0.3, 0.4) is 0 Å². The molecule has 24 heavy (non-hydrogen) atoms. The molecular weight excluding hydrogens is 360 g/mol. The lowest BCUT2D eigenvalue weighted by atomic mass is 9.84. The summed E-state index contributed by atoms with van der Waals surface area (Å²) in [5, 5.41) is 0. The Morgan fingerprint density at radius 1 is 0.708 bits per heavy atom. The van der Waals surface area contributed by atoms with Gasteiger partial charge < -0.3 is 0 Å². The quantitative estimate of drug-likeness (QED) is 0.637. The molecule has 2 aromatic rings. The minimum absolute atomic E-state index is 0.226. The van der Waals surface area contributed by atoms with Gasteiger partial charge in [-0.1, -0.05) is 12.1 Å². The van der Waals surface area contributed by atoms with Crippen molar-refractivity contribution in [1.82, 2.24) is 0 Å². The molecule has 2 aromatic carbocycles. The SMILES string of the molecule is O=C1c2cc(S(=O)(=O)O)ccc2C(=O)c2c1cccc2S(=O)(=O)O. The molecule has 1 aliphatic rings. The van der Waals surface area contributed by atoms with Crippen molar-refractivity contribution in [1.29, 1.82) is 0 Å². The van der Waals surface area contributed by atoms with Crippen LogP contribution in [0, 0.1) is 0 Å². The molecule has 2 N–H and O–H groups in total. The third kappa shape index (κ3) is 2.45. The van der Waals surface area contributed by atoms with Gasteiger partial charge >= 0.3 is 0 Å². The van der Waals surface area contributed by atoms with Gasteiger partial charge in [-0.15, -0.1) is 0 Å². The molecule has 3 rings (SSSR count). The number of carbonyl (C=O) groups excluding carboxylic acids is 2. The van der Waals surface area contributed by atoms with Gasteiger partial charge in [0.05, 0.1) is 10.5 Å². The molecule has 0 unspecified atom stereocenters. The second kappa shape index (κ2) is 5.05. The standard InChI is InChI=1S/C14H8O8S2/c15-13-9-2-1-3-11(24(20,21)22)12(9)14(16)8-5-4-7(6-10(8)13)23(17,18)19/h1-6H,(H,17,18,19)(H,20,21,22). The first kappa shape index (κ1) is 16.5. The van der Waals surface area contributed by atoms with Crippen LogP contribution in [0.4, 0.5) is 0 Å². The number of hydrogen-bond acceptors (Lipinski definition) is 6. The first-order valence-electron chi connectivity index (χ1n) is 6.33. The van der Waals surface area contributed by atoms with E-state index in [-0.39, 0.29) is 16.7 Å². The summed E-state index contributed by atoms with van der Waals surface area (Å²) in [7, 11) is -9.33. The van der Waals surface area contributed by atoms with Crippen molar-refractivity contribution in [3.8, 4) is 0 Å². The van der Waals surface area contributed by atoms with Crippen molar-refractivity contribution < 1.29 is 35.5 Å². The van der Waals surface area contributed by atoms with E-state index in [1.54, 1.807) is 0 Å². The molecule has 0 amide bonds. The summed E-state index contributed by atoms with van der Waals surface area (Å²) in [5.74, 6) is -1.65. The van der Waals surface area contributed by atoms with Crippen molar-refractivity contribution in [3.63, 3.8) is 0 Å². The van der Waals surface area contributed by atoms with Crippen molar-refractivity contribution in [2.45, 2.75) is 9.79 Å². The van der Waals surface area contributed by atoms with Crippen LogP contribution in [0.5, 0.6) is 0 Å². The zero-order valence-corrected chi connectivity index (χ0v) is 13.3. The normalized spacial score (nSPS) is 14.2. The van der Waals surface area contributed by atoms with Crippen molar-refractivity contribution in [3.05, 3.63) is 58.7 Å². The largest absolute Gasteiger partial charge is 0.295 e. The van der Waals surface area contributed by atoms with E-state index in [2.05, 4.69) is 0 Å². The molecule has 0 radical (unpaired) electrons. The molecule has 8 nitrogen and oxygen atoms in total. The van der Waals surface area contributed by atoms with E-state index in [4.69, 9.17) is 4.55 Å². The van der Waals surface area contributed by atoms with Crippen molar-refractivity contribution in [2.24, 2.45) is 0 Å². The molecule has 1 aliphatic carbocycles. The molecule has 0 atom stereocenters. The average Bonchev–Trinajstić information content (AvgIpc) is 2.49. The monoisotopic (exact) mass is 368 g/mol. The summed E-state index contributed by atoms with van der Waals surface area (Å²) in [6.07, 6.45) is 0. The van der Waals surface area contributed by atoms with Gasteiger partial charge in [0.15, 0.2) is 11.6 Å². The predicted molar refractivity (Wildman–Crippen MR) is 79.4 cm³/mol. The number of hydrogen-bond donors (Lipinski definition) is 2. The predicted octanol–water partition coefficient (Wildman–Crippen LogP) is 0.955. The van der Waals surface area contributed by atoms with Gasteiger partial charge in [0.1, 0.15) is 4.90 Å². The van der Waals surface area contributed by atoms with Crippen LogP contribution in [0.25, 0.3) is 0 Å². The number of fused-ring (bicyclic) bond motifs is 2. The van der Waals surface area contributed by atoms with Crippen molar-refractivity contribution in [2.75, 3.05) is 0 Å². The van der Waals surface area contributed by atoms with Crippen molar-refractivity contribution >= 4 is 31.8 Å². The lowest BCUT2D eigenvalue weighted by molar-refractivity contribution is 0.0976. The maximum atomic E-state index is 12.5. The molecule has 0 bridgehead atoms. The Morgan fingerprint density at radius 3 is 1.96 bits per heavy atom. The van der Waals surface area contributed by atoms with E-state index >= 15 is 0 Å². The Morgan fingerprint density at radius 2 is 1.38 bits per heavy atom. The van der Waals surface area contributed by atoms with E-state index in [1.165, 1.54) is 12.1 Å². The molecule has 0 saturated carbocycles. The highest BCUT2D eigenvalue weighted by atomic mass is 32.2. The minimum atomic E-state index is -4.74. The lowest BCUT2D eigenvalue weighted by Crippen LogP contribution is -2.24. The molecular formula is C14H8O8S2. The Balaban J connectivity index is 2.34.